The zero-order valence-electron chi connectivity index (χ0n) is 15.7. The fourth-order valence-electron chi connectivity index (χ4n) is 3.26. The predicted molar refractivity (Wildman–Crippen MR) is 101 cm³/mol. The Morgan fingerprint density at radius 3 is 2.45 bits per heavy atom. The van der Waals surface area contributed by atoms with Gasteiger partial charge in [0.05, 0.1) is 4.90 Å². The average molecular weight is 428 g/mol. The first-order chi connectivity index (χ1) is 13.5. The van der Waals surface area contributed by atoms with E-state index in [1.54, 1.807) is 17.9 Å². The van der Waals surface area contributed by atoms with E-state index in [2.05, 4.69) is 9.46 Å². The number of fused-ring (bicyclic) bond motifs is 1. The van der Waals surface area contributed by atoms with Crippen molar-refractivity contribution in [3.8, 4) is 5.75 Å². The summed E-state index contributed by atoms with van der Waals surface area (Å²) >= 11 is 0. The Bertz CT molecular complexity index is 1020. The number of amides is 1. The number of anilines is 2. The number of ether oxygens (including phenoxy) is 1. The van der Waals surface area contributed by atoms with Crippen LogP contribution in [0.4, 0.5) is 24.5 Å². The fourth-order valence-corrected chi connectivity index (χ4v) is 4.37. The van der Waals surface area contributed by atoms with Crippen LogP contribution in [-0.2, 0) is 21.2 Å². The van der Waals surface area contributed by atoms with E-state index in [1.165, 1.54) is 24.3 Å². The molecule has 1 aliphatic heterocycles. The lowest BCUT2D eigenvalue weighted by atomic mass is 10.1. The van der Waals surface area contributed by atoms with Crippen LogP contribution in [0.15, 0.2) is 47.4 Å². The third kappa shape index (κ3) is 4.64. The summed E-state index contributed by atoms with van der Waals surface area (Å²) in [5.41, 5.74) is 1.53. The van der Waals surface area contributed by atoms with Gasteiger partial charge >= 0.3 is 6.36 Å². The summed E-state index contributed by atoms with van der Waals surface area (Å²) in [4.78, 5) is 13.8. The average Bonchev–Trinajstić information content (AvgIpc) is 2.96. The molecule has 0 radical (unpaired) electrons. The maximum absolute atomic E-state index is 12.7. The number of sulfonamides is 1. The Morgan fingerprint density at radius 2 is 1.86 bits per heavy atom. The summed E-state index contributed by atoms with van der Waals surface area (Å²) < 4.78 is 68.1. The van der Waals surface area contributed by atoms with Gasteiger partial charge in [0.25, 0.3) is 10.0 Å². The van der Waals surface area contributed by atoms with Crippen molar-refractivity contribution in [2.45, 2.75) is 44.0 Å². The topological polar surface area (TPSA) is 75.7 Å². The Kier molecular flexibility index (Phi) is 5.48. The fraction of sp³-hybridized carbons (Fsp3) is 0.316. The van der Waals surface area contributed by atoms with E-state index in [1.807, 2.05) is 6.92 Å². The van der Waals surface area contributed by atoms with Gasteiger partial charge in [0.2, 0.25) is 5.91 Å². The molecule has 1 aliphatic rings. The van der Waals surface area contributed by atoms with Crippen molar-refractivity contribution in [1.82, 2.24) is 0 Å². The van der Waals surface area contributed by atoms with Gasteiger partial charge in [-0.25, -0.2) is 8.42 Å². The van der Waals surface area contributed by atoms with Crippen molar-refractivity contribution >= 4 is 27.3 Å². The van der Waals surface area contributed by atoms with E-state index >= 15 is 0 Å². The zero-order chi connectivity index (χ0) is 21.4. The highest BCUT2D eigenvalue weighted by Gasteiger charge is 2.32. The highest BCUT2D eigenvalue weighted by atomic mass is 32.2. The van der Waals surface area contributed by atoms with Crippen LogP contribution in [-0.4, -0.2) is 26.7 Å². The molecule has 0 saturated heterocycles. The molecule has 2 aromatic carbocycles. The quantitative estimate of drug-likeness (QED) is 0.779. The van der Waals surface area contributed by atoms with E-state index < -0.39 is 22.1 Å². The highest BCUT2D eigenvalue weighted by molar-refractivity contribution is 7.92. The second-order valence-corrected chi connectivity index (χ2v) is 8.32. The number of benzene rings is 2. The molecule has 0 aliphatic carbocycles. The molecule has 6 nitrogen and oxygen atoms in total. The third-order valence-electron chi connectivity index (χ3n) is 4.49. The Morgan fingerprint density at radius 1 is 1.21 bits per heavy atom. The molecule has 1 amide bonds. The lowest BCUT2D eigenvalue weighted by molar-refractivity contribution is -0.274. The van der Waals surface area contributed by atoms with Crippen LogP contribution in [0.3, 0.4) is 0 Å². The van der Waals surface area contributed by atoms with Crippen molar-refractivity contribution in [3.63, 3.8) is 0 Å². The van der Waals surface area contributed by atoms with E-state index in [0.29, 0.717) is 18.5 Å². The van der Waals surface area contributed by atoms with Crippen LogP contribution in [0.1, 0.15) is 25.8 Å². The van der Waals surface area contributed by atoms with Crippen LogP contribution < -0.4 is 14.4 Å². The summed E-state index contributed by atoms with van der Waals surface area (Å²) in [7, 11) is -3.96. The summed E-state index contributed by atoms with van der Waals surface area (Å²) in [5, 5.41) is 0. The molecular formula is C19H19F3N2O4S. The highest BCUT2D eigenvalue weighted by Crippen LogP contribution is 2.34. The number of nitrogens with zero attached hydrogens (tertiary/aromatic N) is 1. The maximum Gasteiger partial charge on any atom is 0.573 e. The predicted octanol–water partition coefficient (Wildman–Crippen LogP) is 4.07. The van der Waals surface area contributed by atoms with Crippen LogP contribution in [0.5, 0.6) is 5.75 Å². The van der Waals surface area contributed by atoms with Gasteiger partial charge in [-0.2, -0.15) is 0 Å². The van der Waals surface area contributed by atoms with Crippen LogP contribution in [0, 0.1) is 0 Å². The maximum atomic E-state index is 12.7. The minimum atomic E-state index is -4.82. The number of hydrogen-bond acceptors (Lipinski definition) is 4. The SMILES string of the molecule is CCC(=O)N1c2ccc(S(=O)(=O)Nc3ccc(OC(F)(F)F)cc3)cc2C[C@H]1C. The summed E-state index contributed by atoms with van der Waals surface area (Å²) in [6, 6.07) is 8.83. The number of carbonyl (C=O) groups is 1. The van der Waals surface area contributed by atoms with Crippen molar-refractivity contribution in [3.05, 3.63) is 48.0 Å². The molecule has 10 heteroatoms. The summed E-state index contributed by atoms with van der Waals surface area (Å²) in [6.07, 6.45) is -3.94. The molecule has 0 aromatic heterocycles. The lowest BCUT2D eigenvalue weighted by Gasteiger charge is -2.22. The molecule has 1 heterocycles. The molecule has 0 fully saturated rings. The molecule has 156 valence electrons. The van der Waals surface area contributed by atoms with E-state index in [-0.39, 0.29) is 22.5 Å². The Labute approximate surface area is 166 Å². The first-order valence-corrected chi connectivity index (χ1v) is 10.3. The van der Waals surface area contributed by atoms with Gasteiger partial charge < -0.3 is 9.64 Å². The van der Waals surface area contributed by atoms with Gasteiger partial charge in [0, 0.05) is 23.8 Å². The molecule has 1 atom stereocenters. The molecule has 3 rings (SSSR count). The summed E-state index contributed by atoms with van der Waals surface area (Å²) in [5.74, 6) is -0.487. The van der Waals surface area contributed by atoms with Gasteiger partial charge in [-0.05, 0) is 61.4 Å². The number of nitrogens with one attached hydrogen (secondary N) is 1. The first kappa shape index (κ1) is 21.0. The van der Waals surface area contributed by atoms with E-state index in [9.17, 15) is 26.4 Å². The van der Waals surface area contributed by atoms with E-state index in [0.717, 1.165) is 17.7 Å². The van der Waals surface area contributed by atoms with Gasteiger partial charge in [0.15, 0.2) is 0 Å². The molecule has 1 N–H and O–H groups in total. The largest absolute Gasteiger partial charge is 0.573 e. The normalized spacial score (nSPS) is 16.4. The second-order valence-electron chi connectivity index (χ2n) is 6.64. The van der Waals surface area contributed by atoms with Crippen molar-refractivity contribution in [1.29, 1.82) is 0 Å². The van der Waals surface area contributed by atoms with Crippen LogP contribution >= 0.6 is 0 Å². The van der Waals surface area contributed by atoms with Crippen molar-refractivity contribution in [2.75, 3.05) is 9.62 Å². The van der Waals surface area contributed by atoms with E-state index in [4.69, 9.17) is 0 Å². The summed E-state index contributed by atoms with van der Waals surface area (Å²) in [6.45, 7) is 3.66. The number of hydrogen-bond donors (Lipinski definition) is 1. The first-order valence-electron chi connectivity index (χ1n) is 8.84. The van der Waals surface area contributed by atoms with Crippen molar-refractivity contribution < 1.29 is 31.1 Å². The Hall–Kier alpha value is -2.75. The standard InChI is InChI=1S/C19H19F3N2O4S/c1-3-18(25)24-12(2)10-13-11-16(8-9-17(13)24)29(26,27)23-14-4-6-15(7-5-14)28-19(20,21)22/h4-9,11-12,23H,3,10H2,1-2H3/t12-/m1/s1. The second kappa shape index (κ2) is 7.58. The van der Waals surface area contributed by atoms with Gasteiger partial charge in [0.1, 0.15) is 5.75 Å². The van der Waals surface area contributed by atoms with Gasteiger partial charge in [-0.3, -0.25) is 9.52 Å². The number of alkyl halides is 3. The molecule has 0 bridgehead atoms. The molecule has 0 unspecified atom stereocenters. The lowest BCUT2D eigenvalue weighted by Crippen LogP contribution is -2.35. The molecule has 0 spiro atoms. The molecule has 29 heavy (non-hydrogen) atoms. The third-order valence-corrected chi connectivity index (χ3v) is 5.87. The smallest absolute Gasteiger partial charge is 0.406 e. The Balaban J connectivity index is 1.80. The van der Waals surface area contributed by atoms with Gasteiger partial charge in [-0.15, -0.1) is 13.2 Å². The number of halogens is 3. The molecular weight excluding hydrogens is 409 g/mol. The minimum Gasteiger partial charge on any atom is -0.406 e. The number of rotatable bonds is 5. The zero-order valence-corrected chi connectivity index (χ0v) is 16.5. The van der Waals surface area contributed by atoms with Crippen LogP contribution in [0.2, 0.25) is 0 Å². The minimum absolute atomic E-state index is 0.00451. The van der Waals surface area contributed by atoms with Gasteiger partial charge in [-0.1, -0.05) is 6.92 Å². The monoisotopic (exact) mass is 428 g/mol. The molecule has 2 aromatic rings. The van der Waals surface area contributed by atoms with Crippen LogP contribution in [0.25, 0.3) is 0 Å². The molecule has 0 saturated carbocycles. The van der Waals surface area contributed by atoms with Crippen molar-refractivity contribution in [2.24, 2.45) is 0 Å². The number of carbonyl (C=O) groups excluding carboxylic acids is 1.